The van der Waals surface area contributed by atoms with Crippen LogP contribution in [0, 0.1) is 11.3 Å². The summed E-state index contributed by atoms with van der Waals surface area (Å²) in [6.45, 7) is 0. The van der Waals surface area contributed by atoms with Crippen molar-refractivity contribution in [1.29, 1.82) is 5.26 Å². The fourth-order valence-electron chi connectivity index (χ4n) is 3.58. The SMILES string of the molecule is CN(C)c1ncnc2c1c1ccc(S(=O)(=O)NC3(C#N)CC3)cc1n2-c1nnc(C(F)F)s1. The number of nitrogens with one attached hydrogen (secondary N) is 1. The molecule has 0 aliphatic heterocycles. The molecule has 1 aliphatic rings. The summed E-state index contributed by atoms with van der Waals surface area (Å²) in [5.74, 6) is 0.567. The van der Waals surface area contributed by atoms with E-state index in [9.17, 15) is 22.5 Å². The highest BCUT2D eigenvalue weighted by atomic mass is 32.2. The van der Waals surface area contributed by atoms with Gasteiger partial charge in [0.1, 0.15) is 17.7 Å². The van der Waals surface area contributed by atoms with Crippen LogP contribution in [-0.4, -0.2) is 52.8 Å². The van der Waals surface area contributed by atoms with Gasteiger partial charge in [0.2, 0.25) is 15.2 Å². The van der Waals surface area contributed by atoms with E-state index in [4.69, 9.17) is 0 Å². The number of fused-ring (bicyclic) bond motifs is 3. The summed E-state index contributed by atoms with van der Waals surface area (Å²) in [6, 6.07) is 6.45. The number of aromatic nitrogens is 5. The normalized spacial score (nSPS) is 15.3. The smallest absolute Gasteiger partial charge is 0.291 e. The number of halogens is 2. The van der Waals surface area contributed by atoms with Gasteiger partial charge in [0.15, 0.2) is 10.7 Å². The fraction of sp³-hybridized carbons (Fsp3) is 0.316. The Morgan fingerprint density at radius 2 is 2.03 bits per heavy atom. The van der Waals surface area contributed by atoms with Crippen LogP contribution in [0.1, 0.15) is 24.3 Å². The number of alkyl halides is 2. The molecule has 0 unspecified atom stereocenters. The summed E-state index contributed by atoms with van der Waals surface area (Å²) in [5, 5.41) is 17.6. The molecule has 0 amide bonds. The van der Waals surface area contributed by atoms with Crippen LogP contribution in [0.2, 0.25) is 0 Å². The van der Waals surface area contributed by atoms with Gasteiger partial charge in [0, 0.05) is 19.5 Å². The third kappa shape index (κ3) is 3.48. The summed E-state index contributed by atoms with van der Waals surface area (Å²) in [5.41, 5.74) is -0.329. The van der Waals surface area contributed by atoms with E-state index in [1.165, 1.54) is 23.0 Å². The average molecular weight is 491 g/mol. The number of rotatable bonds is 6. The van der Waals surface area contributed by atoms with Crippen molar-refractivity contribution in [3.63, 3.8) is 0 Å². The largest absolute Gasteiger partial charge is 0.362 e. The van der Waals surface area contributed by atoms with E-state index in [0.29, 0.717) is 51.9 Å². The van der Waals surface area contributed by atoms with Gasteiger partial charge in [0.05, 0.1) is 21.9 Å². The molecule has 0 spiro atoms. The molecule has 0 radical (unpaired) electrons. The van der Waals surface area contributed by atoms with Crippen molar-refractivity contribution < 1.29 is 17.2 Å². The summed E-state index contributed by atoms with van der Waals surface area (Å²) in [7, 11) is -0.423. The van der Waals surface area contributed by atoms with Crippen molar-refractivity contribution in [3.05, 3.63) is 29.5 Å². The Balaban J connectivity index is 1.79. The third-order valence-corrected chi connectivity index (χ3v) is 7.78. The van der Waals surface area contributed by atoms with Crippen LogP contribution < -0.4 is 9.62 Å². The van der Waals surface area contributed by atoms with Crippen LogP contribution in [0.5, 0.6) is 0 Å². The van der Waals surface area contributed by atoms with E-state index in [0.717, 1.165) is 0 Å². The number of hydrogen-bond acceptors (Lipinski definition) is 9. The molecule has 170 valence electrons. The van der Waals surface area contributed by atoms with Gasteiger partial charge in [-0.3, -0.25) is 4.57 Å². The van der Waals surface area contributed by atoms with Crippen molar-refractivity contribution >= 4 is 49.1 Å². The maximum atomic E-state index is 13.2. The van der Waals surface area contributed by atoms with Crippen LogP contribution in [-0.2, 0) is 10.0 Å². The van der Waals surface area contributed by atoms with Crippen molar-refractivity contribution in [2.24, 2.45) is 0 Å². The summed E-state index contributed by atoms with van der Waals surface area (Å²) in [4.78, 5) is 10.4. The van der Waals surface area contributed by atoms with Gasteiger partial charge in [-0.25, -0.2) is 27.2 Å². The molecule has 4 aromatic rings. The van der Waals surface area contributed by atoms with E-state index in [-0.39, 0.29) is 10.0 Å². The molecule has 3 aromatic heterocycles. The lowest BCUT2D eigenvalue weighted by atomic mass is 10.2. The first-order valence-electron chi connectivity index (χ1n) is 9.69. The highest BCUT2D eigenvalue weighted by Gasteiger charge is 2.46. The van der Waals surface area contributed by atoms with Gasteiger partial charge in [-0.2, -0.15) is 9.98 Å². The summed E-state index contributed by atoms with van der Waals surface area (Å²) < 4.78 is 56.3. The number of nitriles is 1. The standard InChI is InChI=1S/C19H16F2N8O2S2/c1-28(2)15-13-11-4-3-10(33(30,31)27-19(8-22)5-6-19)7-12(11)29(16(13)24-9-23-15)18-26-25-17(32-18)14(20)21/h3-4,7,9,14,27H,5-6H2,1-2H3. The lowest BCUT2D eigenvalue weighted by Gasteiger charge is -2.12. The molecule has 33 heavy (non-hydrogen) atoms. The number of anilines is 1. The minimum atomic E-state index is -4.02. The Kier molecular flexibility index (Phi) is 4.82. The summed E-state index contributed by atoms with van der Waals surface area (Å²) >= 11 is 0.688. The second-order valence-corrected chi connectivity index (χ2v) is 10.5. The van der Waals surface area contributed by atoms with Gasteiger partial charge in [-0.1, -0.05) is 17.4 Å². The van der Waals surface area contributed by atoms with E-state index in [1.54, 1.807) is 25.1 Å². The second kappa shape index (κ2) is 7.37. The predicted octanol–water partition coefficient (Wildman–Crippen LogP) is 2.76. The lowest BCUT2D eigenvalue weighted by Crippen LogP contribution is -2.35. The topological polar surface area (TPSA) is 130 Å². The van der Waals surface area contributed by atoms with Crippen molar-refractivity contribution in [2.45, 2.75) is 29.7 Å². The molecule has 0 bridgehead atoms. The maximum absolute atomic E-state index is 13.2. The maximum Gasteiger partial charge on any atom is 0.291 e. The number of sulfonamides is 1. The molecular formula is C19H16F2N8O2S2. The lowest BCUT2D eigenvalue weighted by molar-refractivity contribution is 0.150. The zero-order valence-electron chi connectivity index (χ0n) is 17.3. The zero-order valence-corrected chi connectivity index (χ0v) is 19.0. The highest BCUT2D eigenvalue weighted by molar-refractivity contribution is 7.89. The quantitative estimate of drug-likeness (QED) is 0.437. The first kappa shape index (κ1) is 21.6. The Bertz CT molecular complexity index is 1550. The Labute approximate surface area is 190 Å². The van der Waals surface area contributed by atoms with Crippen LogP contribution in [0.25, 0.3) is 27.1 Å². The monoisotopic (exact) mass is 490 g/mol. The molecule has 14 heteroatoms. The van der Waals surface area contributed by atoms with E-state index < -0.39 is 27.0 Å². The van der Waals surface area contributed by atoms with Gasteiger partial charge in [-0.05, 0) is 25.0 Å². The Morgan fingerprint density at radius 3 is 2.64 bits per heavy atom. The molecule has 1 N–H and O–H groups in total. The highest BCUT2D eigenvalue weighted by Crippen LogP contribution is 2.39. The second-order valence-electron chi connectivity index (χ2n) is 7.83. The van der Waals surface area contributed by atoms with E-state index in [2.05, 4.69) is 24.9 Å². The van der Waals surface area contributed by atoms with Crippen LogP contribution in [0.4, 0.5) is 14.6 Å². The van der Waals surface area contributed by atoms with Crippen molar-refractivity contribution in [2.75, 3.05) is 19.0 Å². The molecule has 1 fully saturated rings. The number of hydrogen-bond donors (Lipinski definition) is 1. The third-order valence-electron chi connectivity index (χ3n) is 5.33. The van der Waals surface area contributed by atoms with E-state index in [1.807, 2.05) is 6.07 Å². The first-order valence-corrected chi connectivity index (χ1v) is 12.0. The molecule has 5 rings (SSSR count). The molecule has 0 atom stereocenters. The average Bonchev–Trinajstić information content (AvgIpc) is 3.22. The van der Waals surface area contributed by atoms with Crippen LogP contribution in [0.3, 0.4) is 0 Å². The first-order chi connectivity index (χ1) is 15.7. The molecule has 1 aromatic carbocycles. The summed E-state index contributed by atoms with van der Waals surface area (Å²) in [6.07, 6.45) is -0.579. The van der Waals surface area contributed by atoms with Crippen molar-refractivity contribution in [1.82, 2.24) is 29.5 Å². The zero-order chi connectivity index (χ0) is 23.5. The minimum Gasteiger partial charge on any atom is -0.362 e. The molecular weight excluding hydrogens is 474 g/mol. The Hall–Kier alpha value is -3.28. The van der Waals surface area contributed by atoms with Gasteiger partial charge >= 0.3 is 0 Å². The number of benzene rings is 1. The molecule has 10 nitrogen and oxygen atoms in total. The van der Waals surface area contributed by atoms with Crippen molar-refractivity contribution in [3.8, 4) is 11.2 Å². The van der Waals surface area contributed by atoms with Gasteiger partial charge in [0.25, 0.3) is 6.43 Å². The number of nitrogens with zero attached hydrogens (tertiary/aromatic N) is 7. The van der Waals surface area contributed by atoms with E-state index >= 15 is 0 Å². The predicted molar refractivity (Wildman–Crippen MR) is 117 cm³/mol. The van der Waals surface area contributed by atoms with Crippen LogP contribution in [0.15, 0.2) is 29.4 Å². The molecule has 3 heterocycles. The van der Waals surface area contributed by atoms with Gasteiger partial charge < -0.3 is 4.90 Å². The molecule has 1 saturated carbocycles. The minimum absolute atomic E-state index is 0.0708. The Morgan fingerprint density at radius 1 is 1.27 bits per heavy atom. The molecule has 0 saturated heterocycles. The van der Waals surface area contributed by atoms with Crippen LogP contribution >= 0.6 is 11.3 Å². The van der Waals surface area contributed by atoms with Gasteiger partial charge in [-0.15, -0.1) is 10.2 Å². The fourth-order valence-corrected chi connectivity index (χ4v) is 5.69. The molecule has 1 aliphatic carbocycles.